The van der Waals surface area contributed by atoms with E-state index in [1.807, 2.05) is 24.3 Å². The number of pyridine rings is 1. The zero-order valence-electron chi connectivity index (χ0n) is 11.9. The molecule has 0 bridgehead atoms. The van der Waals surface area contributed by atoms with Gasteiger partial charge in [0.25, 0.3) is 0 Å². The van der Waals surface area contributed by atoms with Gasteiger partial charge in [-0.05, 0) is 37.1 Å². The van der Waals surface area contributed by atoms with Gasteiger partial charge in [-0.1, -0.05) is 11.6 Å². The first-order chi connectivity index (χ1) is 10.2. The number of nitrogens with zero attached hydrogens (tertiary/aromatic N) is 2. The number of piperidine rings is 1. The quantitative estimate of drug-likeness (QED) is 0.799. The van der Waals surface area contributed by atoms with Gasteiger partial charge in [-0.15, -0.1) is 0 Å². The van der Waals surface area contributed by atoms with Crippen molar-refractivity contribution >= 4 is 34.2 Å². The van der Waals surface area contributed by atoms with E-state index in [-0.39, 0.29) is 11.9 Å². The lowest BCUT2D eigenvalue weighted by Gasteiger charge is -2.33. The molecule has 1 aromatic carbocycles. The van der Waals surface area contributed by atoms with Gasteiger partial charge >= 0.3 is 5.97 Å². The van der Waals surface area contributed by atoms with Gasteiger partial charge in [0, 0.05) is 35.4 Å². The highest BCUT2D eigenvalue weighted by molar-refractivity contribution is 6.31. The lowest BCUT2D eigenvalue weighted by Crippen LogP contribution is -2.39. The number of anilines is 1. The fraction of sp³-hybridized carbons (Fsp3) is 0.375. The Hall–Kier alpha value is -1.81. The molecule has 1 aromatic heterocycles. The molecule has 21 heavy (non-hydrogen) atoms. The van der Waals surface area contributed by atoms with Gasteiger partial charge in [-0.3, -0.25) is 9.78 Å². The molecular formula is C16H17ClN2O2. The monoisotopic (exact) mass is 304 g/mol. The van der Waals surface area contributed by atoms with Gasteiger partial charge < -0.3 is 9.64 Å². The predicted molar refractivity (Wildman–Crippen MR) is 83.7 cm³/mol. The van der Waals surface area contributed by atoms with Crippen LogP contribution in [-0.2, 0) is 9.53 Å². The fourth-order valence-electron chi connectivity index (χ4n) is 2.93. The lowest BCUT2D eigenvalue weighted by atomic mass is 9.97. The maximum Gasteiger partial charge on any atom is 0.310 e. The van der Waals surface area contributed by atoms with Crippen molar-refractivity contribution in [2.75, 3.05) is 25.1 Å². The van der Waals surface area contributed by atoms with E-state index in [2.05, 4.69) is 9.88 Å². The molecule has 0 radical (unpaired) electrons. The molecule has 0 aliphatic carbocycles. The van der Waals surface area contributed by atoms with E-state index in [0.717, 1.165) is 36.0 Å². The molecule has 5 heteroatoms. The number of esters is 1. The van der Waals surface area contributed by atoms with Crippen molar-refractivity contribution in [1.82, 2.24) is 4.98 Å². The van der Waals surface area contributed by atoms with Crippen LogP contribution >= 0.6 is 11.6 Å². The van der Waals surface area contributed by atoms with Crippen LogP contribution in [0.25, 0.3) is 10.9 Å². The van der Waals surface area contributed by atoms with Gasteiger partial charge in [-0.2, -0.15) is 0 Å². The van der Waals surface area contributed by atoms with Crippen LogP contribution in [0.4, 0.5) is 5.69 Å². The molecule has 0 saturated carbocycles. The van der Waals surface area contributed by atoms with Crippen LogP contribution in [0.2, 0.25) is 5.02 Å². The number of aromatic nitrogens is 1. The van der Waals surface area contributed by atoms with Crippen molar-refractivity contribution < 1.29 is 9.53 Å². The first kappa shape index (κ1) is 14.1. The number of carbonyl (C=O) groups excluding carboxylic acids is 1. The van der Waals surface area contributed by atoms with Crippen molar-refractivity contribution in [3.8, 4) is 0 Å². The van der Waals surface area contributed by atoms with Crippen molar-refractivity contribution in [3.63, 3.8) is 0 Å². The maximum absolute atomic E-state index is 11.8. The third kappa shape index (κ3) is 2.81. The van der Waals surface area contributed by atoms with Crippen LogP contribution in [0, 0.1) is 5.92 Å². The fourth-order valence-corrected chi connectivity index (χ4v) is 3.11. The molecule has 110 valence electrons. The Morgan fingerprint density at radius 2 is 2.29 bits per heavy atom. The Balaban J connectivity index is 1.96. The summed E-state index contributed by atoms with van der Waals surface area (Å²) in [7, 11) is 1.45. The van der Waals surface area contributed by atoms with E-state index in [1.54, 1.807) is 6.20 Å². The minimum atomic E-state index is -0.129. The van der Waals surface area contributed by atoms with Crippen molar-refractivity contribution in [3.05, 3.63) is 35.5 Å². The van der Waals surface area contributed by atoms with E-state index in [1.165, 1.54) is 7.11 Å². The molecule has 1 fully saturated rings. The van der Waals surface area contributed by atoms with Gasteiger partial charge in [0.2, 0.25) is 0 Å². The molecule has 0 unspecified atom stereocenters. The second-order valence-electron chi connectivity index (χ2n) is 5.30. The summed E-state index contributed by atoms with van der Waals surface area (Å²) < 4.78 is 4.88. The molecule has 1 atom stereocenters. The summed E-state index contributed by atoms with van der Waals surface area (Å²) in [5.41, 5.74) is 1.99. The van der Waals surface area contributed by atoms with Crippen LogP contribution in [0.5, 0.6) is 0 Å². The Morgan fingerprint density at radius 3 is 3.10 bits per heavy atom. The number of halogens is 1. The average Bonchev–Trinajstić information content (AvgIpc) is 2.53. The summed E-state index contributed by atoms with van der Waals surface area (Å²) in [6.45, 7) is 1.61. The highest BCUT2D eigenvalue weighted by Gasteiger charge is 2.27. The second-order valence-corrected chi connectivity index (χ2v) is 5.74. The minimum Gasteiger partial charge on any atom is -0.469 e. The predicted octanol–water partition coefficient (Wildman–Crippen LogP) is 3.28. The smallest absolute Gasteiger partial charge is 0.310 e. The highest BCUT2D eigenvalue weighted by atomic mass is 35.5. The molecule has 0 amide bonds. The number of rotatable bonds is 2. The van der Waals surface area contributed by atoms with E-state index in [0.29, 0.717) is 11.6 Å². The summed E-state index contributed by atoms with van der Waals surface area (Å²) >= 11 is 6.11. The van der Waals surface area contributed by atoms with Crippen LogP contribution in [-0.4, -0.2) is 31.2 Å². The number of hydrogen-bond donors (Lipinski definition) is 0. The third-order valence-electron chi connectivity index (χ3n) is 3.98. The molecule has 0 N–H and O–H groups in total. The molecule has 0 spiro atoms. The molecule has 4 nitrogen and oxygen atoms in total. The van der Waals surface area contributed by atoms with E-state index < -0.39 is 0 Å². The lowest BCUT2D eigenvalue weighted by molar-refractivity contribution is -0.145. The Kier molecular flexibility index (Phi) is 3.97. The third-order valence-corrected chi connectivity index (χ3v) is 4.21. The summed E-state index contributed by atoms with van der Waals surface area (Å²) in [4.78, 5) is 18.4. The number of ether oxygens (including phenoxy) is 1. The SMILES string of the molecule is COC(=O)[C@H]1CCCN(c2ccnc3ccc(Cl)cc23)C1. The van der Waals surface area contributed by atoms with Crippen molar-refractivity contribution in [1.29, 1.82) is 0 Å². The van der Waals surface area contributed by atoms with E-state index in [9.17, 15) is 4.79 Å². The molecule has 1 aliphatic heterocycles. The summed E-state index contributed by atoms with van der Waals surface area (Å²) in [5, 5.41) is 1.72. The summed E-state index contributed by atoms with van der Waals surface area (Å²) in [5.74, 6) is -0.192. The summed E-state index contributed by atoms with van der Waals surface area (Å²) in [6.07, 6.45) is 3.66. The molecule has 2 aromatic rings. The van der Waals surface area contributed by atoms with Crippen molar-refractivity contribution in [2.24, 2.45) is 5.92 Å². The van der Waals surface area contributed by atoms with Gasteiger partial charge in [0.05, 0.1) is 18.5 Å². The largest absolute Gasteiger partial charge is 0.469 e. The minimum absolute atomic E-state index is 0.0638. The first-order valence-electron chi connectivity index (χ1n) is 7.06. The zero-order chi connectivity index (χ0) is 14.8. The number of hydrogen-bond acceptors (Lipinski definition) is 4. The maximum atomic E-state index is 11.8. The molecule has 3 rings (SSSR count). The molecule has 1 saturated heterocycles. The van der Waals surface area contributed by atoms with Crippen molar-refractivity contribution in [2.45, 2.75) is 12.8 Å². The normalized spacial score (nSPS) is 18.8. The van der Waals surface area contributed by atoms with Gasteiger partial charge in [-0.25, -0.2) is 0 Å². The Morgan fingerprint density at radius 1 is 1.43 bits per heavy atom. The number of fused-ring (bicyclic) bond motifs is 1. The average molecular weight is 305 g/mol. The molecular weight excluding hydrogens is 288 g/mol. The number of methoxy groups -OCH3 is 1. The topological polar surface area (TPSA) is 42.4 Å². The van der Waals surface area contributed by atoms with E-state index >= 15 is 0 Å². The Labute approximate surface area is 128 Å². The standard InChI is InChI=1S/C16H17ClN2O2/c1-21-16(20)11-3-2-8-19(10-11)15-6-7-18-14-5-4-12(17)9-13(14)15/h4-7,9,11H,2-3,8,10H2,1H3/t11-/m0/s1. The number of carbonyl (C=O) groups is 1. The van der Waals surface area contributed by atoms with Crippen LogP contribution < -0.4 is 4.90 Å². The number of benzene rings is 1. The zero-order valence-corrected chi connectivity index (χ0v) is 12.6. The van der Waals surface area contributed by atoms with Gasteiger partial charge in [0.15, 0.2) is 0 Å². The molecule has 2 heterocycles. The first-order valence-corrected chi connectivity index (χ1v) is 7.44. The van der Waals surface area contributed by atoms with E-state index in [4.69, 9.17) is 16.3 Å². The van der Waals surface area contributed by atoms with Crippen LogP contribution in [0.3, 0.4) is 0 Å². The molecule has 1 aliphatic rings. The van der Waals surface area contributed by atoms with Gasteiger partial charge in [0.1, 0.15) is 0 Å². The van der Waals surface area contributed by atoms with Crippen LogP contribution in [0.1, 0.15) is 12.8 Å². The van der Waals surface area contributed by atoms with Crippen LogP contribution in [0.15, 0.2) is 30.5 Å². The second kappa shape index (κ2) is 5.90. The Bertz CT molecular complexity index is 674. The summed E-state index contributed by atoms with van der Waals surface area (Å²) in [6, 6.07) is 7.68. The highest BCUT2D eigenvalue weighted by Crippen LogP contribution is 2.31.